The third-order valence-corrected chi connectivity index (χ3v) is 4.87. The molecule has 0 heterocycles. The number of hydrogen-bond acceptors (Lipinski definition) is 2. The summed E-state index contributed by atoms with van der Waals surface area (Å²) in [6.07, 6.45) is 3.17. The van der Waals surface area contributed by atoms with Crippen LogP contribution in [0.4, 0.5) is 0 Å². The molecule has 0 saturated heterocycles. The van der Waals surface area contributed by atoms with Crippen molar-refractivity contribution in [2.24, 2.45) is 0 Å². The Kier molecular flexibility index (Phi) is 7.70. The van der Waals surface area contributed by atoms with E-state index in [1.807, 2.05) is 0 Å². The van der Waals surface area contributed by atoms with E-state index in [0.717, 1.165) is 17.1 Å². The van der Waals surface area contributed by atoms with Crippen LogP contribution in [0, 0.1) is 6.92 Å². The first-order chi connectivity index (χ1) is 11.5. The maximum absolute atomic E-state index is 11.8. The van der Waals surface area contributed by atoms with Crippen molar-refractivity contribution in [1.82, 2.24) is 5.32 Å². The van der Waals surface area contributed by atoms with E-state index < -0.39 is 0 Å². The average Bonchev–Trinajstić information content (AvgIpc) is 2.54. The van der Waals surface area contributed by atoms with Crippen LogP contribution in [0.1, 0.15) is 16.7 Å². The molecule has 126 valence electrons. The minimum absolute atomic E-state index is 0.128. The molecular formula is C19H19Cl2NOS. The van der Waals surface area contributed by atoms with Crippen molar-refractivity contribution in [3.8, 4) is 0 Å². The molecule has 0 aliphatic carbocycles. The Balaban J connectivity index is 1.68. The zero-order chi connectivity index (χ0) is 17.4. The van der Waals surface area contributed by atoms with Gasteiger partial charge in [-0.25, -0.2) is 0 Å². The summed E-state index contributed by atoms with van der Waals surface area (Å²) in [6, 6.07) is 13.6. The van der Waals surface area contributed by atoms with E-state index in [-0.39, 0.29) is 5.91 Å². The fraction of sp³-hybridized carbons (Fsp3) is 0.211. The van der Waals surface area contributed by atoms with Gasteiger partial charge in [0.05, 0.1) is 0 Å². The predicted molar refractivity (Wildman–Crippen MR) is 106 cm³/mol. The van der Waals surface area contributed by atoms with Crippen molar-refractivity contribution >= 4 is 46.9 Å². The Labute approximate surface area is 157 Å². The van der Waals surface area contributed by atoms with Gasteiger partial charge >= 0.3 is 0 Å². The van der Waals surface area contributed by atoms with Crippen LogP contribution < -0.4 is 5.32 Å². The van der Waals surface area contributed by atoms with Crippen molar-refractivity contribution < 1.29 is 4.79 Å². The summed E-state index contributed by atoms with van der Waals surface area (Å²) >= 11 is 13.7. The summed E-state index contributed by atoms with van der Waals surface area (Å²) in [6.45, 7) is 2.72. The molecule has 0 aliphatic rings. The molecule has 0 bridgehead atoms. The summed E-state index contributed by atoms with van der Waals surface area (Å²) in [4.78, 5) is 11.8. The van der Waals surface area contributed by atoms with Gasteiger partial charge in [0.15, 0.2) is 0 Å². The lowest BCUT2D eigenvalue weighted by Gasteiger charge is -2.04. The highest BCUT2D eigenvalue weighted by Gasteiger charge is 2.00. The molecule has 0 aromatic heterocycles. The number of aryl methyl sites for hydroxylation is 1. The maximum Gasteiger partial charge on any atom is 0.244 e. The SMILES string of the molecule is Cc1cccc(CSCCNC(=O)/C=C/c2ccc(Cl)cc2Cl)c1. The largest absolute Gasteiger partial charge is 0.352 e. The molecular weight excluding hydrogens is 361 g/mol. The monoisotopic (exact) mass is 379 g/mol. The van der Waals surface area contributed by atoms with Crippen molar-refractivity contribution in [1.29, 1.82) is 0 Å². The fourth-order valence-corrected chi connectivity index (χ4v) is 3.38. The summed E-state index contributed by atoms with van der Waals surface area (Å²) in [5, 5.41) is 3.97. The van der Waals surface area contributed by atoms with Crippen molar-refractivity contribution in [3.05, 3.63) is 75.3 Å². The molecule has 0 radical (unpaired) electrons. The number of carbonyl (C=O) groups is 1. The Bertz CT molecular complexity index is 731. The number of carbonyl (C=O) groups excluding carboxylic acids is 1. The van der Waals surface area contributed by atoms with Crippen LogP contribution in [0.2, 0.25) is 10.0 Å². The van der Waals surface area contributed by atoms with E-state index in [4.69, 9.17) is 23.2 Å². The second kappa shape index (κ2) is 9.77. The molecule has 5 heteroatoms. The number of hydrogen-bond donors (Lipinski definition) is 1. The molecule has 0 spiro atoms. The van der Waals surface area contributed by atoms with Gasteiger partial charge in [0, 0.05) is 34.2 Å². The van der Waals surface area contributed by atoms with Crippen LogP contribution in [-0.4, -0.2) is 18.2 Å². The van der Waals surface area contributed by atoms with Gasteiger partial charge in [-0.3, -0.25) is 4.79 Å². The summed E-state index contributed by atoms with van der Waals surface area (Å²) in [5.41, 5.74) is 3.35. The zero-order valence-electron chi connectivity index (χ0n) is 13.4. The lowest BCUT2D eigenvalue weighted by atomic mass is 10.2. The van der Waals surface area contributed by atoms with E-state index in [9.17, 15) is 4.79 Å². The highest BCUT2D eigenvalue weighted by atomic mass is 35.5. The molecule has 0 atom stereocenters. The molecule has 0 fully saturated rings. The second-order valence-corrected chi connectivity index (χ2v) is 7.28. The standard InChI is InChI=1S/C19H19Cl2NOS/c1-14-3-2-4-15(11-14)13-24-10-9-22-19(23)8-6-16-5-7-17(20)12-18(16)21/h2-8,11-12H,9-10,13H2,1H3,(H,22,23)/b8-6+. The van der Waals surface area contributed by atoms with Gasteiger partial charge < -0.3 is 5.32 Å². The summed E-state index contributed by atoms with van der Waals surface area (Å²) in [7, 11) is 0. The van der Waals surface area contributed by atoms with Crippen molar-refractivity contribution in [2.75, 3.05) is 12.3 Å². The first-order valence-electron chi connectivity index (χ1n) is 7.59. The molecule has 0 aliphatic heterocycles. The Morgan fingerprint density at radius 1 is 1.21 bits per heavy atom. The van der Waals surface area contributed by atoms with Gasteiger partial charge in [0.1, 0.15) is 0 Å². The van der Waals surface area contributed by atoms with E-state index in [1.165, 1.54) is 17.2 Å². The normalized spacial score (nSPS) is 11.0. The quantitative estimate of drug-likeness (QED) is 0.517. The van der Waals surface area contributed by atoms with E-state index in [2.05, 4.69) is 36.5 Å². The zero-order valence-corrected chi connectivity index (χ0v) is 15.7. The Morgan fingerprint density at radius 3 is 2.79 bits per heavy atom. The van der Waals surface area contributed by atoms with Crippen LogP contribution in [-0.2, 0) is 10.5 Å². The molecule has 2 aromatic rings. The second-order valence-electron chi connectivity index (χ2n) is 5.33. The minimum atomic E-state index is -0.128. The van der Waals surface area contributed by atoms with E-state index in [0.29, 0.717) is 16.6 Å². The van der Waals surface area contributed by atoms with Crippen LogP contribution in [0.15, 0.2) is 48.5 Å². The van der Waals surface area contributed by atoms with Crippen LogP contribution in [0.25, 0.3) is 6.08 Å². The molecule has 1 N–H and O–H groups in total. The number of amides is 1. The van der Waals surface area contributed by atoms with Crippen LogP contribution in [0.5, 0.6) is 0 Å². The number of rotatable bonds is 7. The van der Waals surface area contributed by atoms with Gasteiger partial charge in [-0.05, 0) is 36.3 Å². The highest BCUT2D eigenvalue weighted by Crippen LogP contribution is 2.21. The third kappa shape index (κ3) is 6.60. The first-order valence-corrected chi connectivity index (χ1v) is 9.50. The Morgan fingerprint density at radius 2 is 2.04 bits per heavy atom. The van der Waals surface area contributed by atoms with Crippen LogP contribution in [0.3, 0.4) is 0 Å². The number of benzene rings is 2. The average molecular weight is 380 g/mol. The molecule has 2 rings (SSSR count). The molecule has 2 nitrogen and oxygen atoms in total. The smallest absolute Gasteiger partial charge is 0.244 e. The fourth-order valence-electron chi connectivity index (χ4n) is 2.10. The van der Waals surface area contributed by atoms with Crippen molar-refractivity contribution in [3.63, 3.8) is 0 Å². The maximum atomic E-state index is 11.8. The minimum Gasteiger partial charge on any atom is -0.352 e. The lowest BCUT2D eigenvalue weighted by molar-refractivity contribution is -0.116. The molecule has 2 aromatic carbocycles. The van der Waals surface area contributed by atoms with Gasteiger partial charge in [0.2, 0.25) is 5.91 Å². The van der Waals surface area contributed by atoms with E-state index in [1.54, 1.807) is 36.0 Å². The summed E-state index contributed by atoms with van der Waals surface area (Å²) < 4.78 is 0. The van der Waals surface area contributed by atoms with Gasteiger partial charge in [-0.1, -0.05) is 59.1 Å². The molecule has 1 amide bonds. The van der Waals surface area contributed by atoms with Gasteiger partial charge in [-0.2, -0.15) is 11.8 Å². The van der Waals surface area contributed by atoms with E-state index >= 15 is 0 Å². The van der Waals surface area contributed by atoms with Crippen molar-refractivity contribution in [2.45, 2.75) is 12.7 Å². The lowest BCUT2D eigenvalue weighted by Crippen LogP contribution is -2.23. The molecule has 0 unspecified atom stereocenters. The topological polar surface area (TPSA) is 29.1 Å². The number of thioether (sulfide) groups is 1. The van der Waals surface area contributed by atoms with Gasteiger partial charge in [0.25, 0.3) is 0 Å². The summed E-state index contributed by atoms with van der Waals surface area (Å²) in [5.74, 6) is 1.69. The first kappa shape index (κ1) is 18.9. The predicted octanol–water partition coefficient (Wildman–Crippen LogP) is 5.36. The Hall–Kier alpha value is -1.42. The number of halogens is 2. The van der Waals surface area contributed by atoms with Gasteiger partial charge in [-0.15, -0.1) is 0 Å². The number of nitrogens with one attached hydrogen (secondary N) is 1. The molecule has 0 saturated carbocycles. The third-order valence-electron chi connectivity index (χ3n) is 3.27. The molecule has 24 heavy (non-hydrogen) atoms. The van der Waals surface area contributed by atoms with Crippen LogP contribution >= 0.6 is 35.0 Å². The highest BCUT2D eigenvalue weighted by molar-refractivity contribution is 7.98.